The number of hydrogen-bond donors (Lipinski definition) is 0. The minimum Gasteiger partial charge on any atom is -0.466 e. The second-order valence-electron chi connectivity index (χ2n) is 5.00. The van der Waals surface area contributed by atoms with Gasteiger partial charge in [0.1, 0.15) is 0 Å². The molecule has 1 aliphatic carbocycles. The van der Waals surface area contributed by atoms with Gasteiger partial charge in [-0.05, 0) is 37.0 Å². The normalized spacial score (nSPS) is 25.3. The van der Waals surface area contributed by atoms with Crippen LogP contribution >= 0.6 is 0 Å². The highest BCUT2D eigenvalue weighted by Gasteiger charge is 2.52. The van der Waals surface area contributed by atoms with Crippen LogP contribution in [0.3, 0.4) is 0 Å². The Morgan fingerprint density at radius 1 is 1.33 bits per heavy atom. The van der Waals surface area contributed by atoms with E-state index in [0.29, 0.717) is 19.1 Å². The van der Waals surface area contributed by atoms with Gasteiger partial charge in [-0.1, -0.05) is 6.08 Å². The molecular weight excluding hydrogens is 232 g/mol. The molecule has 2 atom stereocenters. The lowest BCUT2D eigenvalue weighted by molar-refractivity contribution is -0.142. The summed E-state index contributed by atoms with van der Waals surface area (Å²) in [6, 6.07) is 0. The third-order valence-electron chi connectivity index (χ3n) is 3.52. The van der Waals surface area contributed by atoms with Gasteiger partial charge in [-0.2, -0.15) is 0 Å². The molecule has 0 unspecified atom stereocenters. The maximum absolute atomic E-state index is 10.8. The van der Waals surface area contributed by atoms with E-state index in [4.69, 9.17) is 9.47 Å². The van der Waals surface area contributed by atoms with Crippen molar-refractivity contribution in [1.29, 1.82) is 0 Å². The van der Waals surface area contributed by atoms with Crippen LogP contribution in [0.15, 0.2) is 12.7 Å². The third-order valence-corrected chi connectivity index (χ3v) is 3.52. The van der Waals surface area contributed by atoms with Gasteiger partial charge < -0.3 is 9.47 Å². The van der Waals surface area contributed by atoms with E-state index < -0.39 is 0 Å². The first-order valence-corrected chi connectivity index (χ1v) is 6.38. The molecule has 0 aliphatic heterocycles. The predicted molar refractivity (Wildman–Crippen MR) is 67.9 cm³/mol. The average molecular weight is 254 g/mol. The first kappa shape index (κ1) is 14.7. The molecule has 1 saturated carbocycles. The van der Waals surface area contributed by atoms with Gasteiger partial charge in [-0.15, -0.1) is 6.58 Å². The fraction of sp³-hybridized carbons (Fsp3) is 0.714. The van der Waals surface area contributed by atoms with Crippen LogP contribution in [0.25, 0.3) is 0 Å². The number of carbonyl (C=O) groups excluding carboxylic acids is 2. The van der Waals surface area contributed by atoms with Crippen LogP contribution in [-0.4, -0.2) is 25.2 Å². The summed E-state index contributed by atoms with van der Waals surface area (Å²) in [5, 5.41) is 0. The summed E-state index contributed by atoms with van der Waals surface area (Å²) in [4.78, 5) is 21.4. The Hall–Kier alpha value is -1.32. The van der Waals surface area contributed by atoms with Crippen molar-refractivity contribution in [1.82, 2.24) is 0 Å². The van der Waals surface area contributed by atoms with Crippen LogP contribution in [0, 0.1) is 11.3 Å². The lowest BCUT2D eigenvalue weighted by Gasteiger charge is -2.15. The molecular formula is C14H22O4. The summed E-state index contributed by atoms with van der Waals surface area (Å²) in [7, 11) is 0. The van der Waals surface area contributed by atoms with E-state index in [-0.39, 0.29) is 17.4 Å². The second kappa shape index (κ2) is 6.57. The first-order valence-electron chi connectivity index (χ1n) is 6.38. The summed E-state index contributed by atoms with van der Waals surface area (Å²) in [6.45, 7) is 7.59. The SMILES string of the molecule is C=CC[C@]1(CCCOC(C)=O)C[C@H]1COC(C)=O. The Balaban J connectivity index is 2.30. The van der Waals surface area contributed by atoms with Crippen molar-refractivity contribution in [2.75, 3.05) is 13.2 Å². The number of esters is 2. The molecule has 0 saturated heterocycles. The number of allylic oxidation sites excluding steroid dienone is 1. The molecule has 1 fully saturated rings. The van der Waals surface area contributed by atoms with Crippen LogP contribution in [0.1, 0.15) is 39.5 Å². The number of rotatable bonds is 8. The predicted octanol–water partition coefficient (Wildman–Crippen LogP) is 2.48. The fourth-order valence-corrected chi connectivity index (χ4v) is 2.47. The lowest BCUT2D eigenvalue weighted by atomic mass is 9.93. The van der Waals surface area contributed by atoms with E-state index in [1.165, 1.54) is 13.8 Å². The van der Waals surface area contributed by atoms with Crippen LogP contribution in [0.5, 0.6) is 0 Å². The van der Waals surface area contributed by atoms with Gasteiger partial charge in [0.05, 0.1) is 13.2 Å². The van der Waals surface area contributed by atoms with Gasteiger partial charge in [0.15, 0.2) is 0 Å². The van der Waals surface area contributed by atoms with E-state index >= 15 is 0 Å². The van der Waals surface area contributed by atoms with Crippen molar-refractivity contribution in [2.24, 2.45) is 11.3 Å². The maximum Gasteiger partial charge on any atom is 0.302 e. The van der Waals surface area contributed by atoms with E-state index in [1.54, 1.807) is 0 Å². The van der Waals surface area contributed by atoms with Crippen LogP contribution in [0.2, 0.25) is 0 Å². The van der Waals surface area contributed by atoms with Crippen LogP contribution in [-0.2, 0) is 19.1 Å². The van der Waals surface area contributed by atoms with Gasteiger partial charge in [-0.25, -0.2) is 0 Å². The summed E-state index contributed by atoms with van der Waals surface area (Å²) in [6.07, 6.45) is 5.74. The number of ether oxygens (including phenoxy) is 2. The van der Waals surface area contributed by atoms with Gasteiger partial charge in [-0.3, -0.25) is 9.59 Å². The highest BCUT2D eigenvalue weighted by molar-refractivity contribution is 5.66. The van der Waals surface area contributed by atoms with Crippen molar-refractivity contribution < 1.29 is 19.1 Å². The summed E-state index contributed by atoms with van der Waals surface area (Å²) < 4.78 is 9.98. The molecule has 0 spiro atoms. The average Bonchev–Trinajstić information content (AvgIpc) is 2.96. The molecule has 18 heavy (non-hydrogen) atoms. The fourth-order valence-electron chi connectivity index (χ4n) is 2.47. The molecule has 0 aromatic carbocycles. The highest BCUT2D eigenvalue weighted by Crippen LogP contribution is 2.58. The van der Waals surface area contributed by atoms with Crippen LogP contribution in [0.4, 0.5) is 0 Å². The molecule has 0 N–H and O–H groups in total. The Morgan fingerprint density at radius 2 is 2.00 bits per heavy atom. The van der Waals surface area contributed by atoms with E-state index in [1.807, 2.05) is 6.08 Å². The third kappa shape index (κ3) is 4.51. The van der Waals surface area contributed by atoms with Crippen molar-refractivity contribution in [2.45, 2.75) is 39.5 Å². The molecule has 0 radical (unpaired) electrons. The van der Waals surface area contributed by atoms with E-state index in [9.17, 15) is 9.59 Å². The van der Waals surface area contributed by atoms with Crippen LogP contribution < -0.4 is 0 Å². The standard InChI is InChI=1S/C14H22O4/c1-4-6-14(7-5-8-17-11(2)15)9-13(14)10-18-12(3)16/h4,13H,1,5-10H2,2-3H3/t13-,14-/m0/s1. The molecule has 0 amide bonds. The largest absolute Gasteiger partial charge is 0.466 e. The van der Waals surface area contributed by atoms with Gasteiger partial charge in [0.25, 0.3) is 0 Å². The Labute approximate surface area is 108 Å². The molecule has 102 valence electrons. The number of carbonyl (C=O) groups is 2. The van der Waals surface area contributed by atoms with Crippen molar-refractivity contribution in [3.05, 3.63) is 12.7 Å². The summed E-state index contributed by atoms with van der Waals surface area (Å²) >= 11 is 0. The molecule has 4 heteroatoms. The molecule has 1 rings (SSSR count). The Bertz CT molecular complexity index is 324. The molecule has 0 heterocycles. The van der Waals surface area contributed by atoms with E-state index in [2.05, 4.69) is 6.58 Å². The topological polar surface area (TPSA) is 52.6 Å². The Kier molecular flexibility index (Phi) is 5.38. The number of hydrogen-bond acceptors (Lipinski definition) is 4. The monoisotopic (exact) mass is 254 g/mol. The van der Waals surface area contributed by atoms with Gasteiger partial charge in [0, 0.05) is 13.8 Å². The molecule has 0 aromatic heterocycles. The molecule has 0 bridgehead atoms. The second-order valence-corrected chi connectivity index (χ2v) is 5.00. The zero-order chi connectivity index (χ0) is 13.6. The first-order chi connectivity index (χ1) is 8.50. The van der Waals surface area contributed by atoms with E-state index in [0.717, 1.165) is 25.7 Å². The highest BCUT2D eigenvalue weighted by atomic mass is 16.5. The maximum atomic E-state index is 10.8. The molecule has 0 aromatic rings. The van der Waals surface area contributed by atoms with Crippen molar-refractivity contribution in [3.63, 3.8) is 0 Å². The molecule has 1 aliphatic rings. The van der Waals surface area contributed by atoms with Gasteiger partial charge in [0.2, 0.25) is 0 Å². The zero-order valence-electron chi connectivity index (χ0n) is 11.2. The zero-order valence-corrected chi connectivity index (χ0v) is 11.2. The van der Waals surface area contributed by atoms with Gasteiger partial charge >= 0.3 is 11.9 Å². The summed E-state index contributed by atoms with van der Waals surface area (Å²) in [5.74, 6) is -0.0360. The minimum absolute atomic E-state index is 0.206. The van der Waals surface area contributed by atoms with Crippen molar-refractivity contribution >= 4 is 11.9 Å². The lowest BCUT2D eigenvalue weighted by Crippen LogP contribution is -2.11. The minimum atomic E-state index is -0.236. The Morgan fingerprint density at radius 3 is 2.56 bits per heavy atom. The molecule has 4 nitrogen and oxygen atoms in total. The quantitative estimate of drug-likeness (QED) is 0.379. The summed E-state index contributed by atoms with van der Waals surface area (Å²) in [5.41, 5.74) is 0.206. The van der Waals surface area contributed by atoms with Crippen molar-refractivity contribution in [3.8, 4) is 0 Å². The smallest absolute Gasteiger partial charge is 0.302 e.